The fourth-order valence-electron chi connectivity index (χ4n) is 4.74. The lowest BCUT2D eigenvalue weighted by molar-refractivity contribution is -0.258. The van der Waals surface area contributed by atoms with Gasteiger partial charge in [0.1, 0.15) is 0 Å². The molecule has 1 aliphatic rings. The van der Waals surface area contributed by atoms with Crippen LogP contribution in [0.25, 0.3) is 0 Å². The molecule has 1 fully saturated rings. The smallest absolute Gasteiger partial charge is 0.376 e. The van der Waals surface area contributed by atoms with E-state index in [9.17, 15) is 35.1 Å². The molecule has 9 nitrogen and oxygen atoms in total. The Hall–Kier alpha value is -2.69. The number of thiol groups is 1. The summed E-state index contributed by atoms with van der Waals surface area (Å²) >= 11 is 4.30. The van der Waals surface area contributed by atoms with Crippen LogP contribution in [-0.2, 0) is 32.2 Å². The molecule has 1 N–H and O–H groups in total. The molecule has 0 bridgehead atoms. The second-order valence-electron chi connectivity index (χ2n) is 10.2. The highest BCUT2D eigenvalue weighted by Gasteiger charge is 2.51. The number of halogens is 3. The largest absolute Gasteiger partial charge is 0.421 e. The molecule has 15 heteroatoms. The first-order valence-corrected chi connectivity index (χ1v) is 16.5. The Bertz CT molecular complexity index is 1600. The van der Waals surface area contributed by atoms with Crippen molar-refractivity contribution in [1.29, 1.82) is 0 Å². The number of hydrogen-bond acceptors (Lipinski definition) is 8. The van der Waals surface area contributed by atoms with Gasteiger partial charge >= 0.3 is 6.18 Å². The first-order chi connectivity index (χ1) is 19.5. The predicted octanol–water partition coefficient (Wildman–Crippen LogP) is 3.48. The van der Waals surface area contributed by atoms with Crippen molar-refractivity contribution in [1.82, 2.24) is 13.6 Å². The first-order valence-electron chi connectivity index (χ1n) is 12.8. The molecule has 42 heavy (non-hydrogen) atoms. The number of anilines is 1. The lowest BCUT2D eigenvalue weighted by Crippen LogP contribution is -2.58. The molecule has 228 valence electrons. The third-order valence-corrected chi connectivity index (χ3v) is 10.9. The van der Waals surface area contributed by atoms with Gasteiger partial charge < -0.3 is 10.0 Å². The minimum atomic E-state index is -4.90. The molecule has 2 aromatic carbocycles. The lowest BCUT2D eigenvalue weighted by atomic mass is 9.95. The van der Waals surface area contributed by atoms with Crippen LogP contribution in [0, 0.1) is 0 Å². The summed E-state index contributed by atoms with van der Waals surface area (Å²) in [6.45, 7) is 0.575. The highest BCUT2D eigenvalue weighted by Crippen LogP contribution is 2.39. The van der Waals surface area contributed by atoms with Crippen molar-refractivity contribution < 1.29 is 35.1 Å². The summed E-state index contributed by atoms with van der Waals surface area (Å²) in [5.41, 5.74) is -2.37. The maximum atomic E-state index is 13.6. The second-order valence-corrected chi connectivity index (χ2v) is 14.6. The second kappa shape index (κ2) is 12.1. The molecular weight excluding hydrogens is 614 g/mol. The number of hydrogen-bond donors (Lipinski definition) is 2. The van der Waals surface area contributed by atoms with E-state index in [1.54, 1.807) is 41.4 Å². The van der Waals surface area contributed by atoms with E-state index in [4.69, 9.17) is 0 Å². The first kappa shape index (κ1) is 32.2. The average molecular weight is 645 g/mol. The number of rotatable bonds is 9. The van der Waals surface area contributed by atoms with Gasteiger partial charge in [-0.05, 0) is 48.4 Å². The molecule has 0 saturated carbocycles. The van der Waals surface area contributed by atoms with Gasteiger partial charge in [0.15, 0.2) is 5.60 Å². The van der Waals surface area contributed by atoms with Crippen molar-refractivity contribution in [2.75, 3.05) is 37.3 Å². The normalized spacial score (nSPS) is 18.7. The van der Waals surface area contributed by atoms with E-state index >= 15 is 0 Å². The Morgan fingerprint density at radius 3 is 2.26 bits per heavy atom. The van der Waals surface area contributed by atoms with E-state index in [0.717, 1.165) is 18.4 Å². The van der Waals surface area contributed by atoms with Gasteiger partial charge in [-0.25, -0.2) is 16.8 Å². The molecule has 0 amide bonds. The van der Waals surface area contributed by atoms with E-state index in [1.165, 1.54) is 33.0 Å². The number of aromatic nitrogens is 1. The van der Waals surface area contributed by atoms with Gasteiger partial charge in [0, 0.05) is 55.7 Å². The summed E-state index contributed by atoms with van der Waals surface area (Å²) in [5.74, 6) is 0. The fourth-order valence-corrected chi connectivity index (χ4v) is 7.63. The van der Waals surface area contributed by atoms with Gasteiger partial charge in [0.2, 0.25) is 20.0 Å². The average Bonchev–Trinajstić information content (AvgIpc) is 2.92. The Morgan fingerprint density at radius 2 is 1.69 bits per heavy atom. The van der Waals surface area contributed by atoms with Crippen LogP contribution >= 0.6 is 12.6 Å². The number of aliphatic hydroxyl groups is 1. The zero-order valence-electron chi connectivity index (χ0n) is 22.8. The van der Waals surface area contributed by atoms with E-state index in [0.29, 0.717) is 18.2 Å². The SMILES string of the molecule is C[C@](O)(c1ccc(N2CCN(S(=O)(=O)c3ccccc3S)C[C@@H]2CN(Cc2cccnc2)S(C)(=O)=O)cc1)C(F)(F)F. The van der Waals surface area contributed by atoms with Crippen LogP contribution in [0.5, 0.6) is 0 Å². The fraction of sp³-hybridized carbons (Fsp3) is 0.370. The van der Waals surface area contributed by atoms with Gasteiger partial charge in [0.05, 0.1) is 17.2 Å². The van der Waals surface area contributed by atoms with Gasteiger partial charge in [0.25, 0.3) is 0 Å². The van der Waals surface area contributed by atoms with Crippen LogP contribution < -0.4 is 4.90 Å². The number of piperazine rings is 1. The maximum absolute atomic E-state index is 13.6. The minimum absolute atomic E-state index is 0.00889. The zero-order valence-corrected chi connectivity index (χ0v) is 25.3. The van der Waals surface area contributed by atoms with Crippen LogP contribution in [0.1, 0.15) is 18.1 Å². The van der Waals surface area contributed by atoms with Crippen LogP contribution in [0.4, 0.5) is 18.9 Å². The van der Waals surface area contributed by atoms with Crippen molar-refractivity contribution in [3.8, 4) is 0 Å². The minimum Gasteiger partial charge on any atom is -0.376 e. The van der Waals surface area contributed by atoms with Gasteiger partial charge in [-0.3, -0.25) is 4.98 Å². The van der Waals surface area contributed by atoms with Crippen molar-refractivity contribution in [2.45, 2.75) is 41.1 Å². The quantitative estimate of drug-likeness (QED) is 0.343. The molecule has 4 rings (SSSR count). The van der Waals surface area contributed by atoms with E-state index in [1.807, 2.05) is 0 Å². The number of pyridine rings is 1. The molecule has 2 atom stereocenters. The van der Waals surface area contributed by atoms with E-state index in [2.05, 4.69) is 17.6 Å². The summed E-state index contributed by atoms with van der Waals surface area (Å²) in [6.07, 6.45) is -0.764. The summed E-state index contributed by atoms with van der Waals surface area (Å²) in [6, 6.07) is 14.0. The molecule has 0 unspecified atom stereocenters. The van der Waals surface area contributed by atoms with Crippen molar-refractivity contribution in [3.05, 3.63) is 84.2 Å². The topological polar surface area (TPSA) is 111 Å². The molecular formula is C27H31F3N4O5S3. The molecule has 1 aliphatic heterocycles. The molecule has 3 aromatic rings. The third-order valence-electron chi connectivity index (χ3n) is 7.21. The van der Waals surface area contributed by atoms with Crippen LogP contribution in [0.2, 0.25) is 0 Å². The number of benzene rings is 2. The third kappa shape index (κ3) is 6.92. The van der Waals surface area contributed by atoms with Crippen LogP contribution in [0.3, 0.4) is 0 Å². The monoisotopic (exact) mass is 644 g/mol. The summed E-state index contributed by atoms with van der Waals surface area (Å²) in [4.78, 5) is 6.07. The van der Waals surface area contributed by atoms with E-state index in [-0.39, 0.29) is 48.1 Å². The molecule has 1 saturated heterocycles. The lowest BCUT2D eigenvalue weighted by Gasteiger charge is -2.43. The van der Waals surface area contributed by atoms with Crippen molar-refractivity contribution >= 4 is 38.4 Å². The van der Waals surface area contributed by atoms with Crippen molar-refractivity contribution in [2.24, 2.45) is 0 Å². The van der Waals surface area contributed by atoms with Crippen molar-refractivity contribution in [3.63, 3.8) is 0 Å². The number of sulfonamides is 2. The summed E-state index contributed by atoms with van der Waals surface area (Å²) < 4.78 is 95.6. The van der Waals surface area contributed by atoms with Crippen LogP contribution in [-0.4, -0.2) is 80.2 Å². The number of nitrogens with zero attached hydrogens (tertiary/aromatic N) is 4. The van der Waals surface area contributed by atoms with Gasteiger partial charge in [-0.2, -0.15) is 21.8 Å². The highest BCUT2D eigenvalue weighted by molar-refractivity contribution is 7.90. The molecule has 0 aliphatic carbocycles. The Kier molecular flexibility index (Phi) is 9.31. The maximum Gasteiger partial charge on any atom is 0.421 e. The van der Waals surface area contributed by atoms with Crippen LogP contribution in [0.15, 0.2) is 82.8 Å². The molecule has 1 aromatic heterocycles. The molecule has 0 spiro atoms. The molecule has 0 radical (unpaired) electrons. The predicted molar refractivity (Wildman–Crippen MR) is 155 cm³/mol. The Labute approximate surface area is 249 Å². The molecule has 2 heterocycles. The zero-order chi connectivity index (χ0) is 30.9. The van der Waals surface area contributed by atoms with E-state index < -0.39 is 37.9 Å². The standard InChI is InChI=1S/C27H31F3N4O5S3/c1-26(35,27(28,29)30)21-9-11-22(12-10-21)34-15-14-32(42(38,39)25-8-4-3-7-24(25)40)18-23(34)19-33(41(2,36)37)17-20-6-5-13-31-16-20/h3-13,16,23,35,40H,14-15,17-19H2,1-2H3/t23-,26+/m1/s1. The summed E-state index contributed by atoms with van der Waals surface area (Å²) in [5, 5.41) is 10.1. The van der Waals surface area contributed by atoms with Gasteiger partial charge in [-0.15, -0.1) is 12.6 Å². The van der Waals surface area contributed by atoms with Gasteiger partial charge in [-0.1, -0.05) is 30.3 Å². The summed E-state index contributed by atoms with van der Waals surface area (Å²) in [7, 11) is -7.79. The Balaban J connectivity index is 1.70. The highest BCUT2D eigenvalue weighted by atomic mass is 32.2. The Morgan fingerprint density at radius 1 is 1.02 bits per heavy atom. The number of alkyl halides is 3.